The first kappa shape index (κ1) is 9.95. The van der Waals surface area contributed by atoms with Crippen LogP contribution in [0, 0.1) is 11.8 Å². The average molecular weight is 194 g/mol. The largest absolute Gasteiger partial charge is 0.363 e. The maximum atomic E-state index is 5.77. The number of anilines is 1. The van der Waals surface area contributed by atoms with Crippen molar-refractivity contribution in [1.82, 2.24) is 0 Å². The molecule has 1 aromatic carbocycles. The molecule has 0 heterocycles. The minimum atomic E-state index is 0.748. The van der Waals surface area contributed by atoms with Crippen LogP contribution in [0.1, 0.15) is 6.92 Å². The van der Waals surface area contributed by atoms with E-state index in [9.17, 15) is 0 Å². The number of nitrogens with zero attached hydrogens (tertiary/aromatic N) is 1. The smallest absolute Gasteiger partial charge is 0.0791 e. The molecule has 2 heteroatoms. The van der Waals surface area contributed by atoms with Crippen molar-refractivity contribution in [3.05, 3.63) is 29.3 Å². The van der Waals surface area contributed by atoms with Gasteiger partial charge in [-0.2, -0.15) is 0 Å². The highest BCUT2D eigenvalue weighted by Crippen LogP contribution is 2.15. The third-order valence-corrected chi connectivity index (χ3v) is 2.01. The Labute approximate surface area is 84.3 Å². The molecule has 13 heavy (non-hydrogen) atoms. The molecule has 0 aliphatic carbocycles. The summed E-state index contributed by atoms with van der Waals surface area (Å²) in [7, 11) is 2.01. The fraction of sp³-hybridized carbons (Fsp3) is 0.273. The van der Waals surface area contributed by atoms with Gasteiger partial charge >= 0.3 is 0 Å². The Balaban J connectivity index is 2.69. The van der Waals surface area contributed by atoms with E-state index < -0.39 is 0 Å². The Kier molecular flexibility index (Phi) is 3.67. The summed E-state index contributed by atoms with van der Waals surface area (Å²) in [5.41, 5.74) is 1.13. The Morgan fingerprint density at radius 1 is 1.31 bits per heavy atom. The summed E-state index contributed by atoms with van der Waals surface area (Å²) < 4.78 is 0. The molecular formula is C11H12ClN. The summed E-state index contributed by atoms with van der Waals surface area (Å²) >= 11 is 5.77. The molecule has 0 saturated carbocycles. The van der Waals surface area contributed by atoms with E-state index in [1.807, 2.05) is 38.2 Å². The number of halogens is 1. The van der Waals surface area contributed by atoms with Gasteiger partial charge in [-0.3, -0.25) is 0 Å². The molecule has 0 N–H and O–H groups in total. The zero-order chi connectivity index (χ0) is 9.68. The maximum absolute atomic E-state index is 5.77. The van der Waals surface area contributed by atoms with Crippen LogP contribution in [-0.2, 0) is 0 Å². The molecule has 1 rings (SSSR count). The summed E-state index contributed by atoms with van der Waals surface area (Å²) in [5.74, 6) is 5.87. The normalized spacial score (nSPS) is 8.85. The summed E-state index contributed by atoms with van der Waals surface area (Å²) in [6, 6.07) is 7.73. The molecule has 0 radical (unpaired) electrons. The Morgan fingerprint density at radius 2 is 1.92 bits per heavy atom. The van der Waals surface area contributed by atoms with Gasteiger partial charge in [-0.25, -0.2) is 0 Å². The maximum Gasteiger partial charge on any atom is 0.0791 e. The molecule has 0 spiro atoms. The Bertz CT molecular complexity index is 318. The molecular weight excluding hydrogens is 182 g/mol. The molecule has 0 amide bonds. The van der Waals surface area contributed by atoms with E-state index in [0.717, 1.165) is 17.3 Å². The van der Waals surface area contributed by atoms with Gasteiger partial charge in [0.05, 0.1) is 6.54 Å². The van der Waals surface area contributed by atoms with E-state index in [0.29, 0.717) is 0 Å². The van der Waals surface area contributed by atoms with Gasteiger partial charge in [0.15, 0.2) is 0 Å². The topological polar surface area (TPSA) is 3.24 Å². The molecule has 1 nitrogen and oxygen atoms in total. The van der Waals surface area contributed by atoms with Crippen molar-refractivity contribution in [3.63, 3.8) is 0 Å². The molecule has 0 atom stereocenters. The fourth-order valence-corrected chi connectivity index (χ4v) is 1.11. The number of benzene rings is 1. The van der Waals surface area contributed by atoms with Crippen molar-refractivity contribution in [2.75, 3.05) is 18.5 Å². The van der Waals surface area contributed by atoms with Gasteiger partial charge in [-0.1, -0.05) is 17.5 Å². The van der Waals surface area contributed by atoms with E-state index >= 15 is 0 Å². The second-order valence-corrected chi connectivity index (χ2v) is 3.20. The van der Waals surface area contributed by atoms with Gasteiger partial charge in [-0.05, 0) is 31.2 Å². The van der Waals surface area contributed by atoms with Gasteiger partial charge < -0.3 is 4.90 Å². The molecule has 0 saturated heterocycles. The van der Waals surface area contributed by atoms with E-state index in [4.69, 9.17) is 11.6 Å². The van der Waals surface area contributed by atoms with E-state index in [1.165, 1.54) is 0 Å². The van der Waals surface area contributed by atoms with Gasteiger partial charge in [0.2, 0.25) is 0 Å². The van der Waals surface area contributed by atoms with Crippen LogP contribution in [0.2, 0.25) is 5.02 Å². The van der Waals surface area contributed by atoms with Gasteiger partial charge in [0, 0.05) is 17.8 Å². The zero-order valence-corrected chi connectivity index (χ0v) is 8.60. The van der Waals surface area contributed by atoms with Crippen molar-refractivity contribution in [2.24, 2.45) is 0 Å². The van der Waals surface area contributed by atoms with Crippen molar-refractivity contribution >= 4 is 17.3 Å². The summed E-state index contributed by atoms with van der Waals surface area (Å²) in [6.07, 6.45) is 0. The lowest BCUT2D eigenvalue weighted by atomic mass is 10.3. The summed E-state index contributed by atoms with van der Waals surface area (Å²) in [6.45, 7) is 2.59. The highest BCUT2D eigenvalue weighted by molar-refractivity contribution is 6.30. The zero-order valence-electron chi connectivity index (χ0n) is 7.84. The molecule has 1 aromatic rings. The molecule has 0 fully saturated rings. The highest BCUT2D eigenvalue weighted by Gasteiger charge is 1.96. The first-order chi connectivity index (χ1) is 6.24. The Morgan fingerprint density at radius 3 is 2.46 bits per heavy atom. The lowest BCUT2D eigenvalue weighted by Gasteiger charge is -2.15. The Hall–Kier alpha value is -1.13. The molecule has 0 unspecified atom stereocenters. The van der Waals surface area contributed by atoms with Crippen LogP contribution in [0.3, 0.4) is 0 Å². The number of hydrogen-bond donors (Lipinski definition) is 0. The van der Waals surface area contributed by atoms with Crippen molar-refractivity contribution in [1.29, 1.82) is 0 Å². The van der Waals surface area contributed by atoms with Crippen LogP contribution in [-0.4, -0.2) is 13.6 Å². The third-order valence-electron chi connectivity index (χ3n) is 1.76. The SMILES string of the molecule is CC#CCN(C)c1ccc(Cl)cc1. The van der Waals surface area contributed by atoms with Gasteiger partial charge in [0.25, 0.3) is 0 Å². The molecule has 68 valence electrons. The second kappa shape index (κ2) is 4.79. The van der Waals surface area contributed by atoms with Gasteiger partial charge in [-0.15, -0.1) is 5.92 Å². The van der Waals surface area contributed by atoms with Crippen molar-refractivity contribution in [2.45, 2.75) is 6.92 Å². The van der Waals surface area contributed by atoms with E-state index in [2.05, 4.69) is 16.7 Å². The van der Waals surface area contributed by atoms with Gasteiger partial charge in [0.1, 0.15) is 0 Å². The second-order valence-electron chi connectivity index (χ2n) is 2.76. The van der Waals surface area contributed by atoms with Crippen LogP contribution in [0.15, 0.2) is 24.3 Å². The van der Waals surface area contributed by atoms with Crippen molar-refractivity contribution < 1.29 is 0 Å². The number of rotatable bonds is 2. The highest BCUT2D eigenvalue weighted by atomic mass is 35.5. The standard InChI is InChI=1S/C11H12ClN/c1-3-4-9-13(2)11-7-5-10(12)6-8-11/h5-8H,9H2,1-2H3. The van der Waals surface area contributed by atoms with Crippen LogP contribution < -0.4 is 4.90 Å². The fourth-order valence-electron chi connectivity index (χ4n) is 0.985. The average Bonchev–Trinajstić information content (AvgIpc) is 2.15. The first-order valence-electron chi connectivity index (χ1n) is 4.10. The van der Waals surface area contributed by atoms with Crippen molar-refractivity contribution in [3.8, 4) is 11.8 Å². The predicted octanol–water partition coefficient (Wildman–Crippen LogP) is 2.80. The lowest BCUT2D eigenvalue weighted by molar-refractivity contribution is 1.05. The minimum absolute atomic E-state index is 0.748. The van der Waals surface area contributed by atoms with Crippen LogP contribution in [0.4, 0.5) is 5.69 Å². The molecule has 0 bridgehead atoms. The molecule has 0 aliphatic heterocycles. The predicted molar refractivity (Wildman–Crippen MR) is 58.2 cm³/mol. The van der Waals surface area contributed by atoms with Crippen LogP contribution in [0.5, 0.6) is 0 Å². The van der Waals surface area contributed by atoms with E-state index in [-0.39, 0.29) is 0 Å². The number of hydrogen-bond acceptors (Lipinski definition) is 1. The lowest BCUT2D eigenvalue weighted by Crippen LogP contribution is -2.16. The van der Waals surface area contributed by atoms with E-state index in [1.54, 1.807) is 0 Å². The van der Waals surface area contributed by atoms with Crippen LogP contribution in [0.25, 0.3) is 0 Å². The quantitative estimate of drug-likeness (QED) is 0.653. The first-order valence-corrected chi connectivity index (χ1v) is 4.48. The molecule has 0 aliphatic rings. The monoisotopic (exact) mass is 193 g/mol. The summed E-state index contributed by atoms with van der Waals surface area (Å²) in [5, 5.41) is 0.763. The van der Waals surface area contributed by atoms with Crippen LogP contribution >= 0.6 is 11.6 Å². The summed E-state index contributed by atoms with van der Waals surface area (Å²) in [4.78, 5) is 2.08. The minimum Gasteiger partial charge on any atom is -0.363 e. The third kappa shape index (κ3) is 3.01. The molecule has 0 aromatic heterocycles.